The molecule has 4 heteroatoms. The Morgan fingerprint density at radius 3 is 2.78 bits per heavy atom. The number of benzene rings is 1. The number of rotatable bonds is 5. The molecule has 0 radical (unpaired) electrons. The minimum Gasteiger partial charge on any atom is -0.325 e. The van der Waals surface area contributed by atoms with E-state index in [-0.39, 0.29) is 11.4 Å². The van der Waals surface area contributed by atoms with Gasteiger partial charge in [0.15, 0.2) is 0 Å². The number of halogens is 1. The molecular formula is C14H19ClN2O. The minimum atomic E-state index is -0.0361. The molecule has 1 amide bonds. The number of hydrogen-bond acceptors (Lipinski definition) is 2. The van der Waals surface area contributed by atoms with E-state index in [9.17, 15) is 4.79 Å². The zero-order chi connectivity index (χ0) is 13.2. The number of nitrogens with one attached hydrogen (secondary N) is 2. The van der Waals surface area contributed by atoms with Crippen LogP contribution in [0.5, 0.6) is 0 Å². The summed E-state index contributed by atoms with van der Waals surface area (Å²) in [4.78, 5) is 11.8. The van der Waals surface area contributed by atoms with Gasteiger partial charge >= 0.3 is 0 Å². The summed E-state index contributed by atoms with van der Waals surface area (Å²) in [5.74, 6) is 0.669. The van der Waals surface area contributed by atoms with Crippen molar-refractivity contribution in [2.24, 2.45) is 5.92 Å². The molecule has 1 aromatic rings. The van der Waals surface area contributed by atoms with Crippen LogP contribution in [0.2, 0.25) is 5.02 Å². The first kappa shape index (κ1) is 13.4. The highest BCUT2D eigenvalue weighted by atomic mass is 35.5. The molecule has 0 aromatic heterocycles. The largest absolute Gasteiger partial charge is 0.325 e. The molecule has 2 N–H and O–H groups in total. The van der Waals surface area contributed by atoms with Crippen molar-refractivity contribution in [1.29, 1.82) is 0 Å². The summed E-state index contributed by atoms with van der Waals surface area (Å²) in [7, 11) is 0. The average molecular weight is 267 g/mol. The molecule has 18 heavy (non-hydrogen) atoms. The second-order valence-corrected chi connectivity index (χ2v) is 5.84. The van der Waals surface area contributed by atoms with Crippen LogP contribution in [-0.4, -0.2) is 18.0 Å². The molecule has 1 aliphatic carbocycles. The van der Waals surface area contributed by atoms with Gasteiger partial charge < -0.3 is 10.6 Å². The van der Waals surface area contributed by atoms with E-state index < -0.39 is 0 Å². The van der Waals surface area contributed by atoms with Gasteiger partial charge in [-0.1, -0.05) is 17.7 Å². The molecule has 98 valence electrons. The van der Waals surface area contributed by atoms with Crippen molar-refractivity contribution in [3.8, 4) is 0 Å². The lowest BCUT2D eigenvalue weighted by molar-refractivity contribution is -0.115. The second-order valence-electron chi connectivity index (χ2n) is 5.41. The third-order valence-corrected chi connectivity index (χ3v) is 3.65. The molecule has 1 aliphatic rings. The van der Waals surface area contributed by atoms with Crippen LogP contribution in [0.25, 0.3) is 0 Å². The smallest absolute Gasteiger partial charge is 0.238 e. The van der Waals surface area contributed by atoms with Crippen molar-refractivity contribution in [3.63, 3.8) is 0 Å². The highest BCUT2D eigenvalue weighted by Gasteiger charge is 2.37. The Morgan fingerprint density at radius 1 is 1.44 bits per heavy atom. The van der Waals surface area contributed by atoms with Crippen LogP contribution in [0.4, 0.5) is 5.69 Å². The van der Waals surface area contributed by atoms with E-state index in [0.29, 0.717) is 17.5 Å². The van der Waals surface area contributed by atoms with Crippen molar-refractivity contribution in [2.75, 3.05) is 11.9 Å². The van der Waals surface area contributed by atoms with Crippen LogP contribution < -0.4 is 10.6 Å². The van der Waals surface area contributed by atoms with Crippen LogP contribution in [0.15, 0.2) is 24.3 Å². The highest BCUT2D eigenvalue weighted by molar-refractivity contribution is 6.30. The van der Waals surface area contributed by atoms with E-state index in [1.54, 1.807) is 12.1 Å². The van der Waals surface area contributed by atoms with Crippen LogP contribution in [0.1, 0.15) is 26.7 Å². The Labute approximate surface area is 113 Å². The fraction of sp³-hybridized carbons (Fsp3) is 0.500. The number of amides is 1. The Kier molecular flexibility index (Phi) is 3.93. The van der Waals surface area contributed by atoms with Gasteiger partial charge in [-0.25, -0.2) is 0 Å². The number of hydrogen-bond donors (Lipinski definition) is 2. The maximum absolute atomic E-state index is 11.8. The van der Waals surface area contributed by atoms with Gasteiger partial charge in [0.25, 0.3) is 0 Å². The molecule has 3 nitrogen and oxygen atoms in total. The topological polar surface area (TPSA) is 41.1 Å². The van der Waals surface area contributed by atoms with Gasteiger partial charge in [-0.05, 0) is 50.8 Å². The van der Waals surface area contributed by atoms with Gasteiger partial charge in [0.1, 0.15) is 0 Å². The van der Waals surface area contributed by atoms with E-state index in [0.717, 1.165) is 5.69 Å². The Balaban J connectivity index is 1.82. The first-order chi connectivity index (χ1) is 8.47. The van der Waals surface area contributed by atoms with Gasteiger partial charge in [0, 0.05) is 16.2 Å². The first-order valence-electron chi connectivity index (χ1n) is 6.28. The van der Waals surface area contributed by atoms with Gasteiger partial charge in [0.2, 0.25) is 5.91 Å². The molecule has 2 rings (SSSR count). The van der Waals surface area contributed by atoms with Crippen molar-refractivity contribution < 1.29 is 4.79 Å². The molecule has 1 saturated carbocycles. The van der Waals surface area contributed by atoms with E-state index in [4.69, 9.17) is 11.6 Å². The summed E-state index contributed by atoms with van der Waals surface area (Å²) in [6.45, 7) is 4.63. The first-order valence-corrected chi connectivity index (χ1v) is 6.65. The Morgan fingerprint density at radius 2 is 2.17 bits per heavy atom. The molecule has 0 unspecified atom stereocenters. The van der Waals surface area contributed by atoms with Gasteiger partial charge in [-0.2, -0.15) is 0 Å². The minimum absolute atomic E-state index is 0.0361. The molecule has 0 spiro atoms. The third kappa shape index (κ3) is 3.72. The van der Waals surface area contributed by atoms with Crippen molar-refractivity contribution in [1.82, 2.24) is 5.32 Å². The summed E-state index contributed by atoms with van der Waals surface area (Å²) in [6, 6.07) is 7.17. The molecule has 0 aliphatic heterocycles. The van der Waals surface area contributed by atoms with Gasteiger partial charge in [-0.3, -0.25) is 4.79 Å². The third-order valence-electron chi connectivity index (χ3n) is 3.41. The maximum Gasteiger partial charge on any atom is 0.238 e. The lowest BCUT2D eigenvalue weighted by Crippen LogP contribution is -2.45. The molecule has 0 saturated heterocycles. The molecule has 1 aromatic carbocycles. The average Bonchev–Trinajstić information content (AvgIpc) is 3.10. The monoisotopic (exact) mass is 266 g/mol. The summed E-state index contributed by atoms with van der Waals surface area (Å²) < 4.78 is 0. The van der Waals surface area contributed by atoms with Crippen molar-refractivity contribution in [3.05, 3.63) is 29.3 Å². The van der Waals surface area contributed by atoms with Crippen molar-refractivity contribution in [2.45, 2.75) is 32.2 Å². The fourth-order valence-corrected chi connectivity index (χ4v) is 2.22. The lowest BCUT2D eigenvalue weighted by Gasteiger charge is -2.25. The van der Waals surface area contributed by atoms with Crippen LogP contribution in [-0.2, 0) is 4.79 Å². The number of anilines is 1. The lowest BCUT2D eigenvalue weighted by atomic mass is 9.99. The molecule has 0 heterocycles. The fourth-order valence-electron chi connectivity index (χ4n) is 2.03. The van der Waals surface area contributed by atoms with E-state index in [1.807, 2.05) is 12.1 Å². The van der Waals surface area contributed by atoms with Crippen LogP contribution in [0, 0.1) is 5.92 Å². The zero-order valence-corrected chi connectivity index (χ0v) is 11.6. The standard InChI is InChI=1S/C14H19ClN2O/c1-14(2,10-6-7-10)16-9-13(18)17-12-5-3-4-11(15)8-12/h3-5,8,10,16H,6-7,9H2,1-2H3,(H,17,18). The Hall–Kier alpha value is -1.06. The van der Waals surface area contributed by atoms with E-state index >= 15 is 0 Å². The van der Waals surface area contributed by atoms with E-state index in [1.165, 1.54) is 12.8 Å². The normalized spacial score (nSPS) is 15.5. The molecule has 0 atom stereocenters. The second kappa shape index (κ2) is 5.29. The quantitative estimate of drug-likeness (QED) is 0.860. The Bertz CT molecular complexity index is 441. The van der Waals surface area contributed by atoms with Gasteiger partial charge in [-0.15, -0.1) is 0 Å². The number of carbonyl (C=O) groups excluding carboxylic acids is 1. The van der Waals surface area contributed by atoms with Crippen molar-refractivity contribution >= 4 is 23.2 Å². The van der Waals surface area contributed by atoms with Crippen LogP contribution in [0.3, 0.4) is 0 Å². The summed E-state index contributed by atoms with van der Waals surface area (Å²) >= 11 is 5.86. The zero-order valence-electron chi connectivity index (χ0n) is 10.8. The van der Waals surface area contributed by atoms with E-state index in [2.05, 4.69) is 24.5 Å². The molecular weight excluding hydrogens is 248 g/mol. The SMILES string of the molecule is CC(C)(NCC(=O)Nc1cccc(Cl)c1)C1CC1. The summed E-state index contributed by atoms with van der Waals surface area (Å²) in [6.07, 6.45) is 2.52. The highest BCUT2D eigenvalue weighted by Crippen LogP contribution is 2.38. The number of carbonyl (C=O) groups is 1. The van der Waals surface area contributed by atoms with Gasteiger partial charge in [0.05, 0.1) is 6.54 Å². The summed E-state index contributed by atoms with van der Waals surface area (Å²) in [5.41, 5.74) is 0.782. The predicted molar refractivity (Wildman–Crippen MR) is 74.9 cm³/mol. The molecule has 1 fully saturated rings. The summed E-state index contributed by atoms with van der Waals surface area (Å²) in [5, 5.41) is 6.76. The van der Waals surface area contributed by atoms with Crippen LogP contribution >= 0.6 is 11.6 Å². The maximum atomic E-state index is 11.8. The predicted octanol–water partition coefficient (Wildman–Crippen LogP) is 3.06. The molecule has 0 bridgehead atoms.